The maximum absolute atomic E-state index is 6.04. The minimum Gasteiger partial charge on any atom is -0.493 e. The maximum atomic E-state index is 6.04. The molecule has 1 aliphatic carbocycles. The first kappa shape index (κ1) is 29.2. The summed E-state index contributed by atoms with van der Waals surface area (Å²) < 4.78 is 11.6. The van der Waals surface area contributed by atoms with Gasteiger partial charge < -0.3 is 9.47 Å². The number of fused-ring (bicyclic) bond motifs is 3. The predicted molar refractivity (Wildman–Crippen MR) is 171 cm³/mol. The van der Waals surface area contributed by atoms with Crippen LogP contribution in [0.3, 0.4) is 0 Å². The minimum absolute atomic E-state index is 0.208. The van der Waals surface area contributed by atoms with Crippen LogP contribution in [0.2, 0.25) is 0 Å². The minimum atomic E-state index is 0.208. The lowest BCUT2D eigenvalue weighted by Gasteiger charge is -2.21. The average molecular weight is 553 g/mol. The van der Waals surface area contributed by atoms with Gasteiger partial charge in [-0.3, -0.25) is 5.10 Å². The lowest BCUT2D eigenvalue weighted by molar-refractivity contribution is 0.211. The standard InChI is InChI=1S/C14H18O.C12H16O.C11H14N2/c1-13(2,3)11-5-4-6-12-10(11)9-14(15-12)7-8-14;1-12(2,3)10-5-4-6-11-9(10)7-8-13-11;1-11(2,3)9-5-4-8-7-12-13-10(8)6-9/h4-6H,7-9H2,1-3H3;4-6H,7-8H2,1-3H3;4-7H,1-3H3,(H,12,13). The largest absolute Gasteiger partial charge is 0.493 e. The third-order valence-electron chi connectivity index (χ3n) is 8.43. The quantitative estimate of drug-likeness (QED) is 0.236. The van der Waals surface area contributed by atoms with Crippen molar-refractivity contribution in [1.29, 1.82) is 0 Å². The molecular weight excluding hydrogens is 504 g/mol. The highest BCUT2D eigenvalue weighted by molar-refractivity contribution is 5.78. The van der Waals surface area contributed by atoms with Crippen LogP contribution >= 0.6 is 0 Å². The first-order chi connectivity index (χ1) is 19.2. The summed E-state index contributed by atoms with van der Waals surface area (Å²) in [5.74, 6) is 2.23. The molecule has 1 spiro atoms. The van der Waals surface area contributed by atoms with Crippen LogP contribution in [-0.2, 0) is 29.1 Å². The second-order valence-corrected chi connectivity index (χ2v) is 15.0. The molecule has 0 unspecified atom stereocenters. The molecule has 7 rings (SSSR count). The van der Waals surface area contributed by atoms with Gasteiger partial charge in [-0.15, -0.1) is 0 Å². The van der Waals surface area contributed by atoms with Crippen molar-refractivity contribution in [2.45, 2.75) is 110 Å². The maximum Gasteiger partial charge on any atom is 0.123 e. The topological polar surface area (TPSA) is 47.1 Å². The van der Waals surface area contributed by atoms with Gasteiger partial charge in [-0.1, -0.05) is 98.7 Å². The summed E-state index contributed by atoms with van der Waals surface area (Å²) in [5.41, 5.74) is 9.11. The predicted octanol–water partition coefficient (Wildman–Crippen LogP) is 9.23. The van der Waals surface area contributed by atoms with E-state index in [1.54, 1.807) is 0 Å². The Morgan fingerprint density at radius 1 is 0.732 bits per heavy atom. The van der Waals surface area contributed by atoms with Crippen LogP contribution < -0.4 is 9.47 Å². The summed E-state index contributed by atoms with van der Waals surface area (Å²) >= 11 is 0. The van der Waals surface area contributed by atoms with Crippen LogP contribution in [0.25, 0.3) is 10.9 Å². The van der Waals surface area contributed by atoms with Gasteiger partial charge in [-0.25, -0.2) is 0 Å². The van der Waals surface area contributed by atoms with E-state index in [2.05, 4.69) is 127 Å². The van der Waals surface area contributed by atoms with E-state index in [0.29, 0.717) is 0 Å². The van der Waals surface area contributed by atoms with Crippen LogP contribution in [0.4, 0.5) is 0 Å². The van der Waals surface area contributed by atoms with Crippen molar-refractivity contribution in [1.82, 2.24) is 10.2 Å². The Hall–Kier alpha value is -3.27. The molecule has 1 N–H and O–H groups in total. The zero-order valence-corrected chi connectivity index (χ0v) is 26.6. The molecular formula is C37H48N2O2. The number of nitrogens with zero attached hydrogens (tertiary/aromatic N) is 1. The molecule has 0 saturated heterocycles. The van der Waals surface area contributed by atoms with Crippen molar-refractivity contribution >= 4 is 10.9 Å². The Balaban J connectivity index is 0.000000124. The van der Waals surface area contributed by atoms with Gasteiger partial charge in [-0.05, 0) is 64.0 Å². The number of aromatic amines is 1. The molecule has 3 heterocycles. The van der Waals surface area contributed by atoms with Crippen LogP contribution in [0.1, 0.15) is 103 Å². The molecule has 0 bridgehead atoms. The van der Waals surface area contributed by atoms with Crippen molar-refractivity contribution in [3.63, 3.8) is 0 Å². The average Bonchev–Trinajstić information content (AvgIpc) is 3.26. The van der Waals surface area contributed by atoms with Crippen molar-refractivity contribution in [3.05, 3.63) is 88.6 Å². The summed E-state index contributed by atoms with van der Waals surface area (Å²) in [5, 5.41) is 8.16. The molecule has 4 heteroatoms. The molecule has 1 aromatic heterocycles. The second kappa shape index (κ2) is 10.5. The zero-order chi connectivity index (χ0) is 29.6. The molecule has 0 atom stereocenters. The Bertz CT molecular complexity index is 1520. The van der Waals surface area contributed by atoms with Crippen molar-refractivity contribution in [2.24, 2.45) is 0 Å². The number of ether oxygens (including phenoxy) is 2. The van der Waals surface area contributed by atoms with E-state index < -0.39 is 0 Å². The molecule has 41 heavy (non-hydrogen) atoms. The number of nitrogens with one attached hydrogen (secondary N) is 1. The fourth-order valence-corrected chi connectivity index (χ4v) is 5.88. The summed E-state index contributed by atoms with van der Waals surface area (Å²) in [4.78, 5) is 0. The van der Waals surface area contributed by atoms with Gasteiger partial charge in [0.05, 0.1) is 18.3 Å². The molecule has 0 amide bonds. The van der Waals surface area contributed by atoms with Gasteiger partial charge in [0.2, 0.25) is 0 Å². The molecule has 1 saturated carbocycles. The highest BCUT2D eigenvalue weighted by Gasteiger charge is 2.50. The Labute approximate surface area is 246 Å². The normalized spacial score (nSPS) is 16.5. The Kier molecular flexibility index (Phi) is 7.51. The molecule has 4 nitrogen and oxygen atoms in total. The lowest BCUT2D eigenvalue weighted by Crippen LogP contribution is -2.16. The van der Waals surface area contributed by atoms with Crippen LogP contribution in [0.15, 0.2) is 60.8 Å². The van der Waals surface area contributed by atoms with E-state index in [1.807, 2.05) is 6.20 Å². The summed E-state index contributed by atoms with van der Waals surface area (Å²) in [7, 11) is 0. The van der Waals surface area contributed by atoms with E-state index in [-0.39, 0.29) is 21.8 Å². The first-order valence-electron chi connectivity index (χ1n) is 15.2. The smallest absolute Gasteiger partial charge is 0.123 e. The highest BCUT2D eigenvalue weighted by atomic mass is 16.5. The molecule has 0 radical (unpaired) electrons. The van der Waals surface area contributed by atoms with Gasteiger partial charge in [0.15, 0.2) is 0 Å². The lowest BCUT2D eigenvalue weighted by atomic mass is 9.82. The van der Waals surface area contributed by atoms with E-state index in [4.69, 9.17) is 9.47 Å². The molecule has 3 aromatic carbocycles. The molecule has 3 aliphatic rings. The molecule has 218 valence electrons. The molecule has 4 aromatic rings. The number of hydrogen-bond donors (Lipinski definition) is 1. The Morgan fingerprint density at radius 2 is 1.37 bits per heavy atom. The molecule has 1 fully saturated rings. The summed E-state index contributed by atoms with van der Waals surface area (Å²) in [6.07, 6.45) is 6.54. The number of rotatable bonds is 0. The molecule has 2 aliphatic heterocycles. The monoisotopic (exact) mass is 552 g/mol. The van der Waals surface area contributed by atoms with Crippen LogP contribution in [0, 0.1) is 0 Å². The van der Waals surface area contributed by atoms with Gasteiger partial charge >= 0.3 is 0 Å². The van der Waals surface area contributed by atoms with E-state index >= 15 is 0 Å². The van der Waals surface area contributed by atoms with Gasteiger partial charge in [0.1, 0.15) is 17.1 Å². The van der Waals surface area contributed by atoms with E-state index in [9.17, 15) is 0 Å². The van der Waals surface area contributed by atoms with Gasteiger partial charge in [-0.2, -0.15) is 5.10 Å². The van der Waals surface area contributed by atoms with Crippen LogP contribution in [0.5, 0.6) is 11.5 Å². The van der Waals surface area contributed by atoms with E-state index in [0.717, 1.165) is 36.5 Å². The number of H-pyrrole nitrogens is 1. The summed E-state index contributed by atoms with van der Waals surface area (Å²) in [6, 6.07) is 19.3. The Morgan fingerprint density at radius 3 is 1.98 bits per heavy atom. The van der Waals surface area contributed by atoms with Crippen molar-refractivity contribution in [2.75, 3.05) is 6.61 Å². The highest BCUT2D eigenvalue weighted by Crippen LogP contribution is 2.51. The third kappa shape index (κ3) is 6.47. The third-order valence-corrected chi connectivity index (χ3v) is 8.43. The number of benzene rings is 3. The van der Waals surface area contributed by atoms with E-state index in [1.165, 1.54) is 46.0 Å². The fourth-order valence-electron chi connectivity index (χ4n) is 5.88. The fraction of sp³-hybridized carbons (Fsp3) is 0.486. The SMILES string of the molecule is CC(C)(C)c1ccc2cn[nH]c2c1.CC(C)(C)c1cccc2c1CC1(CC1)O2.CC(C)(C)c1cccc2c1CCO2. The van der Waals surface area contributed by atoms with Gasteiger partial charge in [0, 0.05) is 29.4 Å². The van der Waals surface area contributed by atoms with Crippen molar-refractivity contribution in [3.8, 4) is 11.5 Å². The number of aromatic nitrogens is 2. The van der Waals surface area contributed by atoms with Gasteiger partial charge in [0.25, 0.3) is 0 Å². The van der Waals surface area contributed by atoms with Crippen LogP contribution in [-0.4, -0.2) is 22.4 Å². The van der Waals surface area contributed by atoms with Crippen molar-refractivity contribution < 1.29 is 9.47 Å². The number of hydrogen-bond acceptors (Lipinski definition) is 3. The zero-order valence-electron chi connectivity index (χ0n) is 26.6. The summed E-state index contributed by atoms with van der Waals surface area (Å²) in [6.45, 7) is 21.1. The first-order valence-corrected chi connectivity index (χ1v) is 15.2. The second-order valence-electron chi connectivity index (χ2n) is 15.0.